The van der Waals surface area contributed by atoms with Gasteiger partial charge in [0.15, 0.2) is 11.5 Å². The second-order valence-electron chi connectivity index (χ2n) is 5.78. The average molecular weight is 360 g/mol. The molecule has 5 nitrogen and oxygen atoms in total. The Morgan fingerprint density at radius 3 is 2.58 bits per heavy atom. The molecular weight excluding hydrogens is 345 g/mol. The first kappa shape index (κ1) is 17.7. The van der Waals surface area contributed by atoms with Crippen LogP contribution in [-0.2, 0) is 6.18 Å². The molecule has 3 aromatic rings. The lowest BCUT2D eigenvalue weighted by Crippen LogP contribution is -2.21. The number of rotatable bonds is 3. The van der Waals surface area contributed by atoms with Crippen LogP contribution in [0.3, 0.4) is 0 Å². The number of aryl methyl sites for hydroxylation is 2. The molecule has 26 heavy (non-hydrogen) atoms. The van der Waals surface area contributed by atoms with Crippen molar-refractivity contribution >= 4 is 11.6 Å². The highest BCUT2D eigenvalue weighted by Gasteiger charge is 2.40. The van der Waals surface area contributed by atoms with Gasteiger partial charge < -0.3 is 5.32 Å². The Labute approximate surface area is 147 Å². The molecule has 0 aliphatic carbocycles. The number of carbonyl (C=O) groups is 1. The first-order valence-corrected chi connectivity index (χ1v) is 7.72. The predicted molar refractivity (Wildman–Crippen MR) is 90.2 cm³/mol. The van der Waals surface area contributed by atoms with Crippen molar-refractivity contribution in [3.05, 3.63) is 71.2 Å². The highest BCUT2D eigenvalue weighted by Crippen LogP contribution is 2.33. The van der Waals surface area contributed by atoms with Gasteiger partial charge in [-0.2, -0.15) is 18.3 Å². The van der Waals surface area contributed by atoms with Gasteiger partial charge in [0.2, 0.25) is 0 Å². The zero-order valence-corrected chi connectivity index (χ0v) is 14.0. The number of nitrogens with one attached hydrogen (secondary N) is 1. The lowest BCUT2D eigenvalue weighted by molar-refractivity contribution is -0.143. The predicted octanol–water partition coefficient (Wildman–Crippen LogP) is 4.16. The van der Waals surface area contributed by atoms with Gasteiger partial charge >= 0.3 is 6.18 Å². The number of pyridine rings is 1. The third-order valence-corrected chi connectivity index (χ3v) is 3.79. The molecule has 1 aromatic carbocycles. The highest BCUT2D eigenvalue weighted by molar-refractivity contribution is 6.05. The van der Waals surface area contributed by atoms with Gasteiger partial charge in [0.25, 0.3) is 5.91 Å². The summed E-state index contributed by atoms with van der Waals surface area (Å²) < 4.78 is 41.4. The van der Waals surface area contributed by atoms with E-state index in [1.807, 2.05) is 13.0 Å². The number of hydrogen-bond donors (Lipinski definition) is 1. The minimum atomic E-state index is -4.78. The molecule has 0 bridgehead atoms. The first-order chi connectivity index (χ1) is 12.3. The molecule has 2 aromatic heterocycles. The minimum Gasteiger partial charge on any atom is -0.322 e. The number of benzene rings is 1. The van der Waals surface area contributed by atoms with E-state index in [0.29, 0.717) is 10.4 Å². The molecule has 8 heteroatoms. The number of halogens is 3. The van der Waals surface area contributed by atoms with E-state index in [0.717, 1.165) is 17.3 Å². The lowest BCUT2D eigenvalue weighted by Gasteiger charge is -2.13. The Balaban J connectivity index is 2.04. The van der Waals surface area contributed by atoms with Crippen LogP contribution in [0.2, 0.25) is 0 Å². The Kier molecular flexibility index (Phi) is 4.50. The van der Waals surface area contributed by atoms with E-state index in [1.165, 1.54) is 12.3 Å². The van der Waals surface area contributed by atoms with Crippen molar-refractivity contribution in [1.82, 2.24) is 14.8 Å². The minimum absolute atomic E-state index is 0.0226. The Morgan fingerprint density at radius 2 is 1.92 bits per heavy atom. The van der Waals surface area contributed by atoms with Gasteiger partial charge in [-0.25, -0.2) is 9.67 Å². The fourth-order valence-electron chi connectivity index (χ4n) is 2.50. The molecule has 0 saturated carbocycles. The fourth-order valence-corrected chi connectivity index (χ4v) is 2.50. The second-order valence-corrected chi connectivity index (χ2v) is 5.78. The summed E-state index contributed by atoms with van der Waals surface area (Å²) in [6.45, 7) is 3.59. The van der Waals surface area contributed by atoms with Crippen LogP contribution in [0.1, 0.15) is 27.2 Å². The van der Waals surface area contributed by atoms with Gasteiger partial charge in [-0.15, -0.1) is 0 Å². The molecule has 0 radical (unpaired) electrons. The average Bonchev–Trinajstić information content (AvgIpc) is 3.04. The summed E-state index contributed by atoms with van der Waals surface area (Å²) in [5, 5.41) is 6.26. The van der Waals surface area contributed by atoms with E-state index < -0.39 is 23.3 Å². The molecule has 0 aliphatic heterocycles. The Hall–Kier alpha value is -3.16. The monoisotopic (exact) mass is 360 g/mol. The Bertz CT molecular complexity index is 949. The molecule has 2 heterocycles. The van der Waals surface area contributed by atoms with Crippen LogP contribution in [0.15, 0.2) is 48.8 Å². The van der Waals surface area contributed by atoms with Crippen LogP contribution in [0.4, 0.5) is 18.9 Å². The standard InChI is InChI=1S/C18H15F3N4O/c1-11-6-7-12(2)14(9-11)24-17(26)13-10-23-25(16(13)18(19,20)21)15-5-3-4-8-22-15/h3-10H,1-2H3,(H,24,26). The van der Waals surface area contributed by atoms with E-state index in [4.69, 9.17) is 0 Å². The molecule has 0 fully saturated rings. The van der Waals surface area contributed by atoms with E-state index in [-0.39, 0.29) is 5.82 Å². The van der Waals surface area contributed by atoms with Crippen LogP contribution in [0, 0.1) is 13.8 Å². The number of amides is 1. The van der Waals surface area contributed by atoms with Crippen molar-refractivity contribution in [2.75, 3.05) is 5.32 Å². The van der Waals surface area contributed by atoms with E-state index in [2.05, 4.69) is 15.4 Å². The molecule has 134 valence electrons. The van der Waals surface area contributed by atoms with E-state index in [9.17, 15) is 18.0 Å². The molecular formula is C18H15F3N4O. The molecule has 0 aliphatic rings. The first-order valence-electron chi connectivity index (χ1n) is 7.72. The SMILES string of the molecule is Cc1ccc(C)c(NC(=O)c2cnn(-c3ccccn3)c2C(F)(F)F)c1. The van der Waals surface area contributed by atoms with Crippen LogP contribution in [0.5, 0.6) is 0 Å². The number of aromatic nitrogens is 3. The zero-order valence-electron chi connectivity index (χ0n) is 14.0. The van der Waals surface area contributed by atoms with Crippen molar-refractivity contribution in [3.63, 3.8) is 0 Å². The van der Waals surface area contributed by atoms with Crippen LogP contribution < -0.4 is 5.32 Å². The summed E-state index contributed by atoms with van der Waals surface area (Å²) in [5.74, 6) is -0.904. The quantitative estimate of drug-likeness (QED) is 0.763. The van der Waals surface area contributed by atoms with Crippen molar-refractivity contribution in [2.24, 2.45) is 0 Å². The summed E-state index contributed by atoms with van der Waals surface area (Å²) in [5.41, 5.74) is 0.345. The smallest absolute Gasteiger partial charge is 0.322 e. The summed E-state index contributed by atoms with van der Waals surface area (Å²) in [4.78, 5) is 16.4. The number of nitrogens with zero attached hydrogens (tertiary/aromatic N) is 3. The molecule has 1 N–H and O–H groups in total. The van der Waals surface area contributed by atoms with Crippen LogP contribution in [-0.4, -0.2) is 20.7 Å². The maximum Gasteiger partial charge on any atom is 0.434 e. The molecule has 0 saturated heterocycles. The third kappa shape index (κ3) is 3.44. The molecule has 1 amide bonds. The number of carbonyl (C=O) groups excluding carboxylic acids is 1. The normalized spacial score (nSPS) is 11.4. The van der Waals surface area contributed by atoms with Crippen molar-refractivity contribution in [1.29, 1.82) is 0 Å². The van der Waals surface area contributed by atoms with Gasteiger partial charge in [0, 0.05) is 11.9 Å². The molecule has 0 unspecified atom stereocenters. The van der Waals surface area contributed by atoms with Gasteiger partial charge in [-0.1, -0.05) is 18.2 Å². The van der Waals surface area contributed by atoms with Gasteiger partial charge in [0.05, 0.1) is 11.8 Å². The molecule has 3 rings (SSSR count). The fraction of sp³-hybridized carbons (Fsp3) is 0.167. The van der Waals surface area contributed by atoms with Crippen LogP contribution in [0.25, 0.3) is 5.82 Å². The zero-order chi connectivity index (χ0) is 18.9. The highest BCUT2D eigenvalue weighted by atomic mass is 19.4. The van der Waals surface area contributed by atoms with Crippen molar-refractivity contribution < 1.29 is 18.0 Å². The number of alkyl halides is 3. The van der Waals surface area contributed by atoms with E-state index in [1.54, 1.807) is 31.2 Å². The summed E-state index contributed by atoms with van der Waals surface area (Å²) in [6, 6.07) is 9.84. The maximum absolute atomic E-state index is 13.6. The second kappa shape index (κ2) is 6.62. The maximum atomic E-state index is 13.6. The third-order valence-electron chi connectivity index (χ3n) is 3.79. The largest absolute Gasteiger partial charge is 0.434 e. The van der Waals surface area contributed by atoms with Crippen molar-refractivity contribution in [2.45, 2.75) is 20.0 Å². The van der Waals surface area contributed by atoms with Gasteiger partial charge in [0.1, 0.15) is 0 Å². The van der Waals surface area contributed by atoms with Crippen molar-refractivity contribution in [3.8, 4) is 5.82 Å². The number of hydrogen-bond acceptors (Lipinski definition) is 3. The summed E-state index contributed by atoms with van der Waals surface area (Å²) in [7, 11) is 0. The van der Waals surface area contributed by atoms with Crippen LogP contribution >= 0.6 is 0 Å². The van der Waals surface area contributed by atoms with Gasteiger partial charge in [-0.3, -0.25) is 4.79 Å². The van der Waals surface area contributed by atoms with Gasteiger partial charge in [-0.05, 0) is 43.2 Å². The summed E-state index contributed by atoms with van der Waals surface area (Å²) in [6.07, 6.45) is -2.52. The van der Waals surface area contributed by atoms with E-state index >= 15 is 0 Å². The topological polar surface area (TPSA) is 59.8 Å². The Morgan fingerprint density at radius 1 is 1.15 bits per heavy atom. The lowest BCUT2D eigenvalue weighted by atomic mass is 10.1. The molecule has 0 atom stereocenters. The summed E-state index contributed by atoms with van der Waals surface area (Å²) >= 11 is 0. The number of anilines is 1. The molecule has 0 spiro atoms.